The van der Waals surface area contributed by atoms with Crippen LogP contribution in [-0.4, -0.2) is 4.76 Å². The molecule has 4 rings (SSSR count). The lowest BCUT2D eigenvalue weighted by Gasteiger charge is -2.37. The van der Waals surface area contributed by atoms with Crippen LogP contribution in [0, 0.1) is 10.1 Å². The predicted octanol–water partition coefficient (Wildman–Crippen LogP) is 4.32. The van der Waals surface area contributed by atoms with Crippen molar-refractivity contribution in [2.75, 3.05) is 5.06 Å². The van der Waals surface area contributed by atoms with Crippen LogP contribution >= 0.6 is 0 Å². The summed E-state index contributed by atoms with van der Waals surface area (Å²) in [5.74, 6) is 0. The van der Waals surface area contributed by atoms with Gasteiger partial charge in [-0.1, -0.05) is 48.5 Å². The monoisotopic (exact) mass is 302 g/mol. The molecule has 4 nitrogen and oxygen atoms in total. The van der Waals surface area contributed by atoms with Crippen LogP contribution in [0.3, 0.4) is 0 Å². The zero-order valence-corrected chi connectivity index (χ0v) is 12.3. The molecule has 0 amide bonds. The van der Waals surface area contributed by atoms with E-state index in [0.29, 0.717) is 22.5 Å². The van der Waals surface area contributed by atoms with E-state index in [1.165, 1.54) is 0 Å². The summed E-state index contributed by atoms with van der Waals surface area (Å²) in [7, 11) is 0. The quantitative estimate of drug-likeness (QED) is 0.662. The number of nitrogens with zero attached hydrogens (tertiary/aromatic N) is 2. The zero-order valence-electron chi connectivity index (χ0n) is 12.3. The van der Waals surface area contributed by atoms with Gasteiger partial charge in [0, 0.05) is 11.0 Å². The number of benzene rings is 3. The van der Waals surface area contributed by atoms with Crippen molar-refractivity contribution in [3.8, 4) is 0 Å². The van der Waals surface area contributed by atoms with Crippen LogP contribution in [0.5, 0.6) is 0 Å². The maximum absolute atomic E-state index is 13.2. The summed E-state index contributed by atoms with van der Waals surface area (Å²) in [5.41, 5.74) is 0.622. The molecule has 0 unspecified atom stereocenters. The normalized spacial score (nSPS) is 15.5. The Morgan fingerprint density at radius 2 is 1.22 bits per heavy atom. The van der Waals surface area contributed by atoms with Crippen LogP contribution in [0.1, 0.15) is 11.1 Å². The molecule has 0 N–H and O–H groups in total. The molecule has 0 saturated carbocycles. The van der Waals surface area contributed by atoms with Gasteiger partial charge in [-0.2, -0.15) is 0 Å². The molecule has 112 valence electrons. The van der Waals surface area contributed by atoms with Crippen LogP contribution < -0.4 is 5.06 Å². The number of fused-ring (bicyclic) bond motifs is 1. The molecule has 1 aliphatic heterocycles. The highest BCUT2D eigenvalue weighted by Gasteiger charge is 2.58. The van der Waals surface area contributed by atoms with Gasteiger partial charge in [0.25, 0.3) is 5.69 Å². The van der Waals surface area contributed by atoms with Gasteiger partial charge >= 0.3 is 5.66 Å². The van der Waals surface area contributed by atoms with Gasteiger partial charge in [0.05, 0.1) is 15.9 Å². The zero-order chi connectivity index (χ0) is 15.9. The maximum atomic E-state index is 13.2. The molecule has 0 aliphatic carbocycles. The van der Waals surface area contributed by atoms with Gasteiger partial charge in [-0.25, -0.2) is 0 Å². The minimum atomic E-state index is -1.44. The van der Waals surface area contributed by atoms with Gasteiger partial charge in [0.15, 0.2) is 0 Å². The average molecular weight is 302 g/mol. The average Bonchev–Trinajstić information content (AvgIpc) is 2.86. The standard InChI is InChI=1S/C19H14N2O2/c22-20-17-13-7-8-14-18(17)21(23)19(20,15-9-3-1-4-10-15)16-11-5-2-6-12-16/h1-14H. The third-order valence-corrected chi connectivity index (χ3v) is 4.26. The van der Waals surface area contributed by atoms with E-state index in [9.17, 15) is 10.1 Å². The second-order valence-corrected chi connectivity index (χ2v) is 5.48. The highest BCUT2D eigenvalue weighted by atomic mass is 16.5. The van der Waals surface area contributed by atoms with Crippen LogP contribution in [0.25, 0.3) is 0 Å². The summed E-state index contributed by atoms with van der Waals surface area (Å²) in [6.45, 7) is 0. The summed E-state index contributed by atoms with van der Waals surface area (Å²) in [4.78, 5) is 13.2. The lowest BCUT2D eigenvalue weighted by Crippen LogP contribution is -2.46. The Morgan fingerprint density at radius 1 is 0.739 bits per heavy atom. The van der Waals surface area contributed by atoms with Crippen molar-refractivity contribution in [2.45, 2.75) is 5.66 Å². The van der Waals surface area contributed by atoms with Crippen molar-refractivity contribution in [1.82, 2.24) is 0 Å². The number of hydrogen-bond donors (Lipinski definition) is 0. The van der Waals surface area contributed by atoms with Gasteiger partial charge < -0.3 is 10.3 Å². The lowest BCUT2D eigenvalue weighted by atomic mass is 9.91. The minimum Gasteiger partial charge on any atom is -0.753 e. The Bertz CT molecular complexity index is 823. The van der Waals surface area contributed by atoms with E-state index >= 15 is 0 Å². The first-order valence-electron chi connectivity index (χ1n) is 7.41. The first-order chi connectivity index (χ1) is 11.3. The van der Waals surface area contributed by atoms with E-state index < -0.39 is 5.66 Å². The highest BCUT2D eigenvalue weighted by molar-refractivity contribution is 5.71. The summed E-state index contributed by atoms with van der Waals surface area (Å²) >= 11 is 0. The van der Waals surface area contributed by atoms with Gasteiger partial charge in [0.1, 0.15) is 5.69 Å². The Hall–Kier alpha value is -2.98. The molecule has 0 fully saturated rings. The lowest BCUT2D eigenvalue weighted by molar-refractivity contribution is -0.538. The van der Waals surface area contributed by atoms with Crippen molar-refractivity contribution in [3.05, 3.63) is 106 Å². The van der Waals surface area contributed by atoms with Crippen LogP contribution in [0.15, 0.2) is 84.9 Å². The Balaban J connectivity index is 2.05. The number of rotatable bonds is 2. The molecule has 0 atom stereocenters. The van der Waals surface area contributed by atoms with Gasteiger partial charge in [-0.3, -0.25) is 0 Å². The second-order valence-electron chi connectivity index (χ2n) is 5.48. The van der Waals surface area contributed by atoms with Crippen LogP contribution in [0.4, 0.5) is 11.4 Å². The SMILES string of the molecule is O=[N+]1c2ccccc2N([O-])C1(c1ccccc1)c1ccccc1. The molecule has 23 heavy (non-hydrogen) atoms. The van der Waals surface area contributed by atoms with Crippen LogP contribution in [0.2, 0.25) is 0 Å². The molecule has 1 aliphatic rings. The molecule has 3 aromatic rings. The number of nitroso groups, excluding NO2 is 1. The smallest absolute Gasteiger partial charge is 0.335 e. The molecule has 0 aromatic heterocycles. The van der Waals surface area contributed by atoms with E-state index in [0.717, 1.165) is 9.82 Å². The fourth-order valence-electron chi connectivity index (χ4n) is 3.22. The van der Waals surface area contributed by atoms with Gasteiger partial charge in [0.2, 0.25) is 0 Å². The van der Waals surface area contributed by atoms with E-state index in [-0.39, 0.29) is 0 Å². The second kappa shape index (κ2) is 5.04. The predicted molar refractivity (Wildman–Crippen MR) is 89.2 cm³/mol. The number of anilines is 1. The molecular weight excluding hydrogens is 288 g/mol. The highest BCUT2D eigenvalue weighted by Crippen LogP contribution is 2.51. The number of hydrogen-bond acceptors (Lipinski definition) is 3. The van der Waals surface area contributed by atoms with Crippen molar-refractivity contribution in [2.24, 2.45) is 0 Å². The van der Waals surface area contributed by atoms with Gasteiger partial charge in [-0.15, -0.1) is 0 Å². The molecule has 4 heteroatoms. The topological polar surface area (TPSA) is 46.4 Å². The summed E-state index contributed by atoms with van der Waals surface area (Å²) in [5, 5.41) is 14.0. The molecule has 0 radical (unpaired) electrons. The van der Waals surface area contributed by atoms with E-state index in [1.807, 2.05) is 60.7 Å². The molecule has 0 saturated heterocycles. The van der Waals surface area contributed by atoms with E-state index in [2.05, 4.69) is 0 Å². The number of para-hydroxylation sites is 2. The third-order valence-electron chi connectivity index (χ3n) is 4.26. The summed E-state index contributed by atoms with van der Waals surface area (Å²) < 4.78 is 0.819. The largest absolute Gasteiger partial charge is 0.753 e. The first-order valence-corrected chi connectivity index (χ1v) is 7.41. The third kappa shape index (κ3) is 1.76. The fourth-order valence-corrected chi connectivity index (χ4v) is 3.22. The van der Waals surface area contributed by atoms with Crippen molar-refractivity contribution >= 4 is 11.4 Å². The molecule has 0 bridgehead atoms. The Labute approximate surface area is 133 Å². The fraction of sp³-hybridized carbons (Fsp3) is 0.0526. The summed E-state index contributed by atoms with van der Waals surface area (Å²) in [6, 6.07) is 25.2. The van der Waals surface area contributed by atoms with Crippen molar-refractivity contribution in [1.29, 1.82) is 0 Å². The van der Waals surface area contributed by atoms with Crippen molar-refractivity contribution in [3.63, 3.8) is 0 Å². The number of hydroxylamine groups is 1. The molecule has 1 heterocycles. The van der Waals surface area contributed by atoms with Gasteiger partial charge in [-0.05, 0) is 30.3 Å². The minimum absolute atomic E-state index is 0.384. The van der Waals surface area contributed by atoms with Crippen LogP contribution in [-0.2, 0) is 5.66 Å². The van der Waals surface area contributed by atoms with E-state index in [4.69, 9.17) is 0 Å². The summed E-state index contributed by atoms with van der Waals surface area (Å²) in [6.07, 6.45) is 0. The Kier molecular flexibility index (Phi) is 2.99. The van der Waals surface area contributed by atoms with E-state index in [1.54, 1.807) is 24.3 Å². The molecule has 3 aromatic carbocycles. The maximum Gasteiger partial charge on any atom is 0.335 e. The first kappa shape index (κ1) is 13.7. The van der Waals surface area contributed by atoms with Crippen molar-refractivity contribution < 1.29 is 4.76 Å². The Morgan fingerprint density at radius 3 is 1.74 bits per heavy atom. The molecular formula is C19H14N2O2. The molecule has 0 spiro atoms.